The molecule has 0 atom stereocenters. The van der Waals surface area contributed by atoms with Crippen molar-refractivity contribution in [2.24, 2.45) is 0 Å². The van der Waals surface area contributed by atoms with Gasteiger partial charge in [0, 0.05) is 29.3 Å². The molecule has 4 aromatic rings. The first-order valence-corrected chi connectivity index (χ1v) is 10.5. The standard InChI is InChI=1S/C22H15BrF3N5O3/c1-27-20(33)17-10-14(6-7-28-17)34-13-4-2-11(3-5-13)19(32)31-21-29-16-9-12(23)8-15(18(16)30-21)22(24,25)26/h2-10H,1H3,(H,27,33)(H2,29,30,31,32). The van der Waals surface area contributed by atoms with Gasteiger partial charge in [0.2, 0.25) is 5.95 Å². The molecule has 4 rings (SSSR count). The fourth-order valence-electron chi connectivity index (χ4n) is 3.07. The molecular formula is C22H15BrF3N5O3. The average molecular weight is 534 g/mol. The smallest absolute Gasteiger partial charge is 0.418 e. The Balaban J connectivity index is 1.49. The van der Waals surface area contributed by atoms with Gasteiger partial charge in [-0.05, 0) is 42.5 Å². The molecule has 0 radical (unpaired) electrons. The number of nitrogens with one attached hydrogen (secondary N) is 3. The molecule has 0 bridgehead atoms. The normalized spacial score (nSPS) is 11.3. The van der Waals surface area contributed by atoms with Crippen LogP contribution in [0, 0.1) is 0 Å². The maximum Gasteiger partial charge on any atom is 0.418 e. The molecule has 2 aromatic heterocycles. The van der Waals surface area contributed by atoms with Crippen LogP contribution in [0.5, 0.6) is 11.5 Å². The third kappa shape index (κ3) is 5.01. The Bertz CT molecular complexity index is 1390. The Labute approximate surface area is 198 Å². The minimum absolute atomic E-state index is 0.120. The van der Waals surface area contributed by atoms with Crippen LogP contribution < -0.4 is 15.4 Å². The van der Waals surface area contributed by atoms with Gasteiger partial charge in [0.1, 0.15) is 22.7 Å². The van der Waals surface area contributed by atoms with Crippen molar-refractivity contribution in [2.45, 2.75) is 6.18 Å². The van der Waals surface area contributed by atoms with Gasteiger partial charge in [-0.15, -0.1) is 0 Å². The van der Waals surface area contributed by atoms with Gasteiger partial charge in [0.15, 0.2) is 0 Å². The second-order valence-corrected chi connectivity index (χ2v) is 7.88. The number of rotatable bonds is 5. The molecule has 174 valence electrons. The lowest BCUT2D eigenvalue weighted by atomic mass is 10.2. The van der Waals surface area contributed by atoms with Gasteiger partial charge < -0.3 is 15.0 Å². The number of alkyl halides is 3. The van der Waals surface area contributed by atoms with Crippen LogP contribution in [0.3, 0.4) is 0 Å². The zero-order valence-corrected chi connectivity index (χ0v) is 18.9. The van der Waals surface area contributed by atoms with E-state index in [1.165, 1.54) is 49.6 Å². The Morgan fingerprint density at radius 2 is 1.76 bits per heavy atom. The van der Waals surface area contributed by atoms with Crippen molar-refractivity contribution < 1.29 is 27.5 Å². The fraction of sp³-hybridized carbons (Fsp3) is 0.0909. The van der Waals surface area contributed by atoms with Crippen LogP contribution in [-0.2, 0) is 6.18 Å². The van der Waals surface area contributed by atoms with E-state index in [-0.39, 0.29) is 38.6 Å². The summed E-state index contributed by atoms with van der Waals surface area (Å²) in [5, 5.41) is 4.93. The molecule has 0 fully saturated rings. The van der Waals surface area contributed by atoms with Crippen LogP contribution in [0.1, 0.15) is 26.4 Å². The van der Waals surface area contributed by atoms with Gasteiger partial charge in [-0.2, -0.15) is 13.2 Å². The van der Waals surface area contributed by atoms with Gasteiger partial charge in [-0.3, -0.25) is 19.9 Å². The number of benzene rings is 2. The van der Waals surface area contributed by atoms with Crippen molar-refractivity contribution in [3.63, 3.8) is 0 Å². The van der Waals surface area contributed by atoms with Gasteiger partial charge in [-0.25, -0.2) is 4.98 Å². The van der Waals surface area contributed by atoms with Crippen LogP contribution in [0.4, 0.5) is 19.1 Å². The van der Waals surface area contributed by atoms with E-state index in [2.05, 4.69) is 41.5 Å². The van der Waals surface area contributed by atoms with Gasteiger partial charge in [0.05, 0.1) is 11.1 Å². The van der Waals surface area contributed by atoms with E-state index in [4.69, 9.17) is 4.74 Å². The first-order chi connectivity index (χ1) is 16.1. The largest absolute Gasteiger partial charge is 0.457 e. The average Bonchev–Trinajstić information content (AvgIpc) is 3.19. The SMILES string of the molecule is CNC(=O)c1cc(Oc2ccc(C(=O)Nc3nc4c(C(F)(F)F)cc(Br)cc4[nH]3)cc2)ccn1. The first-order valence-electron chi connectivity index (χ1n) is 9.68. The molecule has 12 heteroatoms. The van der Waals surface area contributed by atoms with E-state index < -0.39 is 17.6 Å². The minimum atomic E-state index is -4.61. The monoisotopic (exact) mass is 533 g/mol. The number of fused-ring (bicyclic) bond motifs is 1. The third-order valence-electron chi connectivity index (χ3n) is 4.63. The number of nitrogens with zero attached hydrogens (tertiary/aromatic N) is 2. The topological polar surface area (TPSA) is 109 Å². The van der Waals surface area contributed by atoms with Crippen molar-refractivity contribution in [1.82, 2.24) is 20.3 Å². The van der Waals surface area contributed by atoms with Crippen molar-refractivity contribution in [2.75, 3.05) is 12.4 Å². The minimum Gasteiger partial charge on any atom is -0.457 e. The quantitative estimate of drug-likeness (QED) is 0.329. The Kier molecular flexibility index (Phi) is 6.24. The number of H-pyrrole nitrogens is 1. The van der Waals surface area contributed by atoms with Crippen LogP contribution in [0.15, 0.2) is 59.2 Å². The summed E-state index contributed by atoms with van der Waals surface area (Å²) < 4.78 is 45.8. The number of pyridine rings is 1. The number of ether oxygens (including phenoxy) is 1. The number of halogens is 4. The lowest BCUT2D eigenvalue weighted by Gasteiger charge is -2.08. The maximum absolute atomic E-state index is 13.3. The van der Waals surface area contributed by atoms with Crippen molar-refractivity contribution in [3.8, 4) is 11.5 Å². The highest BCUT2D eigenvalue weighted by atomic mass is 79.9. The summed E-state index contributed by atoms with van der Waals surface area (Å²) in [7, 11) is 1.49. The second-order valence-electron chi connectivity index (χ2n) is 6.97. The Hall–Kier alpha value is -3.93. The highest BCUT2D eigenvalue weighted by molar-refractivity contribution is 9.10. The molecule has 0 saturated carbocycles. The number of imidazole rings is 1. The lowest BCUT2D eigenvalue weighted by Crippen LogP contribution is -2.18. The number of aromatic nitrogens is 3. The fourth-order valence-corrected chi connectivity index (χ4v) is 3.53. The number of carbonyl (C=O) groups excluding carboxylic acids is 2. The molecule has 0 unspecified atom stereocenters. The van der Waals surface area contributed by atoms with Crippen molar-refractivity contribution >= 4 is 44.7 Å². The molecule has 0 saturated heterocycles. The molecule has 2 heterocycles. The lowest BCUT2D eigenvalue weighted by molar-refractivity contribution is -0.136. The summed E-state index contributed by atoms with van der Waals surface area (Å²) in [5.74, 6) is -0.294. The van der Waals surface area contributed by atoms with Crippen molar-refractivity contribution in [3.05, 3.63) is 76.0 Å². The van der Waals surface area contributed by atoms with Crippen LogP contribution in [0.25, 0.3) is 11.0 Å². The molecule has 0 aliphatic heterocycles. The summed E-state index contributed by atoms with van der Waals surface area (Å²) in [6.45, 7) is 0. The number of hydrogen-bond donors (Lipinski definition) is 3. The molecule has 2 aromatic carbocycles. The van der Waals surface area contributed by atoms with Crippen molar-refractivity contribution in [1.29, 1.82) is 0 Å². The maximum atomic E-state index is 13.3. The summed E-state index contributed by atoms with van der Waals surface area (Å²) >= 11 is 3.05. The molecular weight excluding hydrogens is 519 g/mol. The van der Waals surface area contributed by atoms with Gasteiger partial charge >= 0.3 is 6.18 Å². The molecule has 0 aliphatic rings. The molecule has 0 spiro atoms. The highest BCUT2D eigenvalue weighted by Gasteiger charge is 2.34. The van der Waals surface area contributed by atoms with E-state index in [0.29, 0.717) is 11.5 Å². The number of aromatic amines is 1. The summed E-state index contributed by atoms with van der Waals surface area (Å²) in [6.07, 6.45) is -3.18. The highest BCUT2D eigenvalue weighted by Crippen LogP contribution is 2.36. The summed E-state index contributed by atoms with van der Waals surface area (Å²) in [6, 6.07) is 11.4. The van der Waals surface area contributed by atoms with E-state index in [1.807, 2.05) is 0 Å². The molecule has 34 heavy (non-hydrogen) atoms. The van der Waals surface area contributed by atoms with E-state index in [0.717, 1.165) is 6.07 Å². The summed E-state index contributed by atoms with van der Waals surface area (Å²) in [4.78, 5) is 34.8. The predicted octanol–water partition coefficient (Wildman–Crippen LogP) is 5.14. The van der Waals surface area contributed by atoms with Gasteiger partial charge in [-0.1, -0.05) is 15.9 Å². The number of amides is 2. The number of anilines is 1. The third-order valence-corrected chi connectivity index (χ3v) is 5.09. The number of carbonyl (C=O) groups is 2. The molecule has 8 nitrogen and oxygen atoms in total. The van der Waals surface area contributed by atoms with Crippen LogP contribution >= 0.6 is 15.9 Å². The Morgan fingerprint density at radius 1 is 1.03 bits per heavy atom. The molecule has 2 amide bonds. The summed E-state index contributed by atoms with van der Waals surface area (Å²) in [5.41, 5.74) is -0.698. The van der Waals surface area contributed by atoms with Gasteiger partial charge in [0.25, 0.3) is 11.8 Å². The molecule has 3 N–H and O–H groups in total. The number of hydrogen-bond acceptors (Lipinski definition) is 5. The van der Waals surface area contributed by atoms with E-state index >= 15 is 0 Å². The Morgan fingerprint density at radius 3 is 2.44 bits per heavy atom. The van der Waals surface area contributed by atoms with E-state index in [9.17, 15) is 22.8 Å². The zero-order chi connectivity index (χ0) is 24.5. The zero-order valence-electron chi connectivity index (χ0n) is 17.3. The van der Waals surface area contributed by atoms with Crippen LogP contribution in [-0.4, -0.2) is 33.8 Å². The van der Waals surface area contributed by atoms with Crippen LogP contribution in [0.2, 0.25) is 0 Å². The second kappa shape index (κ2) is 9.14. The predicted molar refractivity (Wildman–Crippen MR) is 121 cm³/mol. The molecule has 0 aliphatic carbocycles. The first kappa shape index (κ1) is 23.2. The van der Waals surface area contributed by atoms with E-state index in [1.54, 1.807) is 6.07 Å².